The Morgan fingerprint density at radius 1 is 1.21 bits per heavy atom. The van der Waals surface area contributed by atoms with Crippen molar-refractivity contribution in [3.8, 4) is 11.1 Å². The van der Waals surface area contributed by atoms with Gasteiger partial charge in [0, 0.05) is 9.90 Å². The predicted octanol–water partition coefficient (Wildman–Crippen LogP) is 5.68. The number of carbonyl (C=O) groups is 1. The summed E-state index contributed by atoms with van der Waals surface area (Å²) in [6.45, 7) is 4.06. The van der Waals surface area contributed by atoms with Gasteiger partial charge in [0.25, 0.3) is 0 Å². The minimum absolute atomic E-state index is 0.0982. The zero-order valence-electron chi connectivity index (χ0n) is 16.2. The van der Waals surface area contributed by atoms with Gasteiger partial charge in [0.1, 0.15) is 0 Å². The lowest BCUT2D eigenvalue weighted by Gasteiger charge is -2.18. The van der Waals surface area contributed by atoms with Crippen LogP contribution in [0.3, 0.4) is 0 Å². The number of aryl methyl sites for hydroxylation is 1. The van der Waals surface area contributed by atoms with Crippen LogP contribution in [0.2, 0.25) is 5.02 Å². The zero-order chi connectivity index (χ0) is 20.8. The van der Waals surface area contributed by atoms with Crippen LogP contribution in [0.4, 0.5) is 0 Å². The summed E-state index contributed by atoms with van der Waals surface area (Å²) >= 11 is 6.16. The second-order valence-electron chi connectivity index (χ2n) is 6.51. The standard InChI is InChI=1S/C22H22ClNO3S2/c1-3-27-22(25)13-20(24-29(26)19-9-7-15(2)8-10-19)21-12-17(14-28-21)16-5-4-6-18(23)11-16/h4-12,14,20,24H,3,13H2,1-2H3/t20-,29?/m0/s1. The molecule has 0 radical (unpaired) electrons. The lowest BCUT2D eigenvalue weighted by atomic mass is 10.1. The van der Waals surface area contributed by atoms with E-state index in [1.165, 1.54) is 11.3 Å². The Hall–Kier alpha value is -1.83. The summed E-state index contributed by atoms with van der Waals surface area (Å²) in [5, 5.41) is 2.67. The molecular formula is C22H22ClNO3S2. The van der Waals surface area contributed by atoms with Gasteiger partial charge in [-0.25, -0.2) is 0 Å². The van der Waals surface area contributed by atoms with Crippen molar-refractivity contribution in [2.75, 3.05) is 6.61 Å². The van der Waals surface area contributed by atoms with Gasteiger partial charge in [-0.3, -0.25) is 4.79 Å². The molecule has 0 aliphatic heterocycles. The van der Waals surface area contributed by atoms with Gasteiger partial charge >= 0.3 is 5.97 Å². The third kappa shape index (κ3) is 6.07. The maximum Gasteiger partial charge on any atom is 0.307 e. The van der Waals surface area contributed by atoms with Gasteiger partial charge in [0.15, 0.2) is 4.90 Å². The Bertz CT molecular complexity index is 959. The molecule has 1 N–H and O–H groups in total. The first-order valence-corrected chi connectivity index (χ1v) is 11.6. The van der Waals surface area contributed by atoms with Crippen molar-refractivity contribution in [1.82, 2.24) is 4.72 Å². The van der Waals surface area contributed by atoms with Crippen LogP contribution in [0, 0.1) is 6.92 Å². The van der Waals surface area contributed by atoms with E-state index in [0.717, 1.165) is 21.6 Å². The summed E-state index contributed by atoms with van der Waals surface area (Å²) in [4.78, 5) is 13.7. The molecule has 3 aromatic rings. The molecule has 0 saturated heterocycles. The molecule has 0 saturated carbocycles. The highest BCUT2D eigenvalue weighted by Gasteiger charge is 2.25. The van der Waals surface area contributed by atoms with Crippen LogP contribution in [0.15, 0.2) is 64.9 Å². The van der Waals surface area contributed by atoms with Crippen LogP contribution < -0.4 is 4.72 Å². The van der Waals surface area contributed by atoms with Gasteiger partial charge in [-0.2, -0.15) is 0 Å². The first-order valence-electron chi connectivity index (χ1n) is 9.21. The summed E-state index contributed by atoms with van der Waals surface area (Å²) in [5.74, 6) is -0.330. The topological polar surface area (TPSA) is 61.4 Å². The Morgan fingerprint density at radius 3 is 2.66 bits per heavy atom. The lowest BCUT2D eigenvalue weighted by Crippen LogP contribution is -2.30. The van der Waals surface area contributed by atoms with Gasteiger partial charge < -0.3 is 9.29 Å². The molecule has 0 amide bonds. The minimum Gasteiger partial charge on any atom is -0.593 e. The van der Waals surface area contributed by atoms with E-state index in [1.807, 2.05) is 66.9 Å². The van der Waals surface area contributed by atoms with Crippen LogP contribution >= 0.6 is 22.9 Å². The molecule has 152 valence electrons. The largest absolute Gasteiger partial charge is 0.593 e. The number of ether oxygens (including phenoxy) is 1. The van der Waals surface area contributed by atoms with Gasteiger partial charge in [0.2, 0.25) is 0 Å². The van der Waals surface area contributed by atoms with E-state index in [2.05, 4.69) is 4.72 Å². The van der Waals surface area contributed by atoms with E-state index in [1.54, 1.807) is 6.92 Å². The number of thiophene rings is 1. The lowest BCUT2D eigenvalue weighted by molar-refractivity contribution is -0.143. The van der Waals surface area contributed by atoms with Crippen LogP contribution in [-0.4, -0.2) is 17.1 Å². The quantitative estimate of drug-likeness (QED) is 0.356. The van der Waals surface area contributed by atoms with E-state index < -0.39 is 17.4 Å². The van der Waals surface area contributed by atoms with Gasteiger partial charge in [-0.15, -0.1) is 16.1 Å². The molecule has 2 atom stereocenters. The number of hydrogen-bond donors (Lipinski definition) is 1. The molecule has 2 aromatic carbocycles. The average Bonchev–Trinajstić information content (AvgIpc) is 3.18. The fourth-order valence-electron chi connectivity index (χ4n) is 2.80. The maximum absolute atomic E-state index is 12.8. The average molecular weight is 448 g/mol. The molecule has 0 spiro atoms. The highest BCUT2D eigenvalue weighted by Crippen LogP contribution is 2.33. The normalized spacial score (nSPS) is 13.1. The van der Waals surface area contributed by atoms with Crippen molar-refractivity contribution in [2.45, 2.75) is 31.2 Å². The molecular weight excluding hydrogens is 426 g/mol. The summed E-state index contributed by atoms with van der Waals surface area (Å²) in [6, 6.07) is 16.7. The van der Waals surface area contributed by atoms with Crippen molar-refractivity contribution in [1.29, 1.82) is 0 Å². The molecule has 29 heavy (non-hydrogen) atoms. The number of carbonyl (C=O) groups excluding carboxylic acids is 1. The SMILES string of the molecule is CCOC(=O)C[C@H](N[S+]([O-])c1ccc(C)cc1)c1cc(-c2cccc(Cl)c2)cs1. The molecule has 0 bridgehead atoms. The first-order chi connectivity index (χ1) is 14.0. The molecule has 1 heterocycles. The van der Waals surface area contributed by atoms with Crippen LogP contribution in [0.1, 0.15) is 29.8 Å². The van der Waals surface area contributed by atoms with Crippen LogP contribution in [0.25, 0.3) is 11.1 Å². The summed E-state index contributed by atoms with van der Waals surface area (Å²) in [5.41, 5.74) is 3.09. The number of nitrogens with one attached hydrogen (secondary N) is 1. The number of rotatable bonds is 8. The molecule has 7 heteroatoms. The molecule has 0 aliphatic carbocycles. The first kappa shape index (κ1) is 21.9. The monoisotopic (exact) mass is 447 g/mol. The number of benzene rings is 2. The second kappa shape index (κ2) is 10.3. The molecule has 0 aliphatic rings. The van der Waals surface area contributed by atoms with E-state index in [4.69, 9.17) is 16.3 Å². The predicted molar refractivity (Wildman–Crippen MR) is 119 cm³/mol. The molecule has 1 unspecified atom stereocenters. The molecule has 0 fully saturated rings. The Labute approximate surface area is 183 Å². The van der Waals surface area contributed by atoms with Crippen LogP contribution in [-0.2, 0) is 20.9 Å². The van der Waals surface area contributed by atoms with Crippen molar-refractivity contribution in [2.24, 2.45) is 0 Å². The Morgan fingerprint density at radius 2 is 1.97 bits per heavy atom. The van der Waals surface area contributed by atoms with Crippen LogP contribution in [0.5, 0.6) is 0 Å². The van der Waals surface area contributed by atoms with Crippen molar-refractivity contribution >= 4 is 40.3 Å². The van der Waals surface area contributed by atoms with Gasteiger partial charge in [-0.1, -0.05) is 41.4 Å². The smallest absolute Gasteiger partial charge is 0.307 e. The third-order valence-electron chi connectivity index (χ3n) is 4.28. The Kier molecular flexibility index (Phi) is 7.75. The van der Waals surface area contributed by atoms with Crippen molar-refractivity contribution < 1.29 is 14.1 Å². The van der Waals surface area contributed by atoms with Gasteiger partial charge in [-0.05, 0) is 60.7 Å². The Balaban J connectivity index is 1.83. The fraction of sp³-hybridized carbons (Fsp3) is 0.227. The third-order valence-corrected chi connectivity index (χ3v) is 6.76. The zero-order valence-corrected chi connectivity index (χ0v) is 18.6. The number of esters is 1. The molecule has 3 rings (SSSR count). The summed E-state index contributed by atoms with van der Waals surface area (Å²) < 4.78 is 21.0. The highest BCUT2D eigenvalue weighted by molar-refractivity contribution is 7.89. The second-order valence-corrected chi connectivity index (χ2v) is 9.13. The molecule has 4 nitrogen and oxygen atoms in total. The van der Waals surface area contributed by atoms with E-state index in [-0.39, 0.29) is 12.4 Å². The maximum atomic E-state index is 12.8. The van der Waals surface area contributed by atoms with E-state index in [9.17, 15) is 9.35 Å². The fourth-order valence-corrected chi connectivity index (χ4v) is 5.02. The molecule has 1 aromatic heterocycles. The van der Waals surface area contributed by atoms with Crippen molar-refractivity contribution in [3.05, 3.63) is 75.4 Å². The number of halogens is 1. The van der Waals surface area contributed by atoms with Gasteiger partial charge in [0.05, 0.1) is 30.4 Å². The van der Waals surface area contributed by atoms with E-state index >= 15 is 0 Å². The van der Waals surface area contributed by atoms with Crippen molar-refractivity contribution in [3.63, 3.8) is 0 Å². The van der Waals surface area contributed by atoms with E-state index in [0.29, 0.717) is 16.5 Å². The number of hydrogen-bond acceptors (Lipinski definition) is 5. The highest BCUT2D eigenvalue weighted by atomic mass is 35.5. The summed E-state index contributed by atoms with van der Waals surface area (Å²) in [7, 11) is 0. The summed E-state index contributed by atoms with van der Waals surface area (Å²) in [6.07, 6.45) is 0.0982. The minimum atomic E-state index is -1.45.